The first-order valence-electron chi connectivity index (χ1n) is 8.55. The lowest BCUT2D eigenvalue weighted by atomic mass is 10.2. The molecule has 0 saturated heterocycles. The highest BCUT2D eigenvalue weighted by Gasteiger charge is 2.19. The number of nitrogens with one attached hydrogen (secondary N) is 3. The highest BCUT2D eigenvalue weighted by molar-refractivity contribution is 7.92. The van der Waals surface area contributed by atoms with E-state index in [0.29, 0.717) is 11.4 Å². The molecule has 2 aromatic rings. The second-order valence-electron chi connectivity index (χ2n) is 6.17. The molecular weight excluding hydrogens is 382 g/mol. The number of benzene rings is 2. The van der Waals surface area contributed by atoms with E-state index in [4.69, 9.17) is 4.74 Å². The van der Waals surface area contributed by atoms with E-state index in [1.54, 1.807) is 32.0 Å². The molecule has 0 bridgehead atoms. The Morgan fingerprint density at radius 2 is 1.64 bits per heavy atom. The Morgan fingerprint density at radius 1 is 1.00 bits per heavy atom. The Balaban J connectivity index is 1.88. The zero-order chi connectivity index (χ0) is 20.7. The smallest absolute Gasteiger partial charge is 0.269 e. The fraction of sp³-hybridized carbons (Fsp3) is 0.263. The van der Waals surface area contributed by atoms with E-state index < -0.39 is 26.9 Å². The molecule has 0 saturated carbocycles. The van der Waals surface area contributed by atoms with Crippen molar-refractivity contribution in [2.75, 3.05) is 19.0 Å². The molecule has 0 fully saturated rings. The van der Waals surface area contributed by atoms with Gasteiger partial charge < -0.3 is 10.1 Å². The number of carbonyl (C=O) groups excluding carboxylic acids is 2. The molecule has 0 aromatic heterocycles. The minimum absolute atomic E-state index is 0.0772. The van der Waals surface area contributed by atoms with Gasteiger partial charge in [-0.05, 0) is 50.2 Å². The minimum Gasteiger partial charge on any atom is -0.495 e. The fourth-order valence-electron chi connectivity index (χ4n) is 2.28. The summed E-state index contributed by atoms with van der Waals surface area (Å²) in [5, 5.41) is 2.35. The van der Waals surface area contributed by atoms with Crippen molar-refractivity contribution < 1.29 is 22.7 Å². The number of amides is 2. The predicted octanol–water partition coefficient (Wildman–Crippen LogP) is 1.75. The van der Waals surface area contributed by atoms with Crippen molar-refractivity contribution in [1.82, 2.24) is 10.9 Å². The quantitative estimate of drug-likeness (QED) is 0.605. The summed E-state index contributed by atoms with van der Waals surface area (Å²) in [6.45, 7) is 3.10. The first kappa shape index (κ1) is 21.2. The molecule has 0 spiro atoms. The molecule has 0 aliphatic carbocycles. The molecule has 0 aliphatic rings. The van der Waals surface area contributed by atoms with E-state index in [-0.39, 0.29) is 17.0 Å². The van der Waals surface area contributed by atoms with Crippen LogP contribution >= 0.6 is 0 Å². The van der Waals surface area contributed by atoms with E-state index in [1.807, 2.05) is 6.07 Å². The van der Waals surface area contributed by atoms with Crippen molar-refractivity contribution in [3.63, 3.8) is 0 Å². The average Bonchev–Trinajstić information content (AvgIpc) is 2.70. The van der Waals surface area contributed by atoms with Gasteiger partial charge in [-0.3, -0.25) is 20.4 Å². The molecule has 2 rings (SSSR count). The minimum atomic E-state index is -3.40. The SMILES string of the molecule is COc1ccccc1NCC(=O)NNC(=O)c1ccc(S(=O)(=O)C(C)C)cc1. The maximum absolute atomic E-state index is 12.1. The predicted molar refractivity (Wildman–Crippen MR) is 106 cm³/mol. The summed E-state index contributed by atoms with van der Waals surface area (Å²) in [5.74, 6) is -0.423. The van der Waals surface area contributed by atoms with Gasteiger partial charge >= 0.3 is 0 Å². The van der Waals surface area contributed by atoms with Crippen molar-refractivity contribution in [3.8, 4) is 5.75 Å². The maximum atomic E-state index is 12.1. The van der Waals surface area contributed by atoms with Crippen LogP contribution in [0.3, 0.4) is 0 Å². The molecule has 150 valence electrons. The van der Waals surface area contributed by atoms with Gasteiger partial charge in [0.2, 0.25) is 0 Å². The molecular formula is C19H23N3O5S. The molecule has 8 nitrogen and oxygen atoms in total. The van der Waals surface area contributed by atoms with Crippen LogP contribution in [0.1, 0.15) is 24.2 Å². The summed E-state index contributed by atoms with van der Waals surface area (Å²) in [7, 11) is -1.88. The van der Waals surface area contributed by atoms with Crippen molar-refractivity contribution in [2.24, 2.45) is 0 Å². The molecule has 3 N–H and O–H groups in total. The molecule has 28 heavy (non-hydrogen) atoms. The van der Waals surface area contributed by atoms with Gasteiger partial charge in [0.1, 0.15) is 5.75 Å². The van der Waals surface area contributed by atoms with E-state index >= 15 is 0 Å². The number of hydrogen-bond donors (Lipinski definition) is 3. The standard InChI is InChI=1S/C19H23N3O5S/c1-13(2)28(25,26)15-10-8-14(9-11-15)19(24)22-21-18(23)12-20-16-6-4-5-7-17(16)27-3/h4-11,13,20H,12H2,1-3H3,(H,21,23)(H,22,24). The van der Waals surface area contributed by atoms with Crippen LogP contribution in [-0.4, -0.2) is 39.1 Å². The van der Waals surface area contributed by atoms with Gasteiger partial charge in [0, 0.05) is 5.56 Å². The first-order chi connectivity index (χ1) is 13.3. The third-order valence-corrected chi connectivity index (χ3v) is 6.10. The van der Waals surface area contributed by atoms with Crippen molar-refractivity contribution >= 4 is 27.3 Å². The molecule has 0 heterocycles. The van der Waals surface area contributed by atoms with E-state index in [9.17, 15) is 18.0 Å². The number of rotatable bonds is 7. The maximum Gasteiger partial charge on any atom is 0.269 e. The van der Waals surface area contributed by atoms with Crippen LogP contribution in [0.5, 0.6) is 5.75 Å². The van der Waals surface area contributed by atoms with Crippen LogP contribution in [0.4, 0.5) is 5.69 Å². The van der Waals surface area contributed by atoms with Gasteiger partial charge in [-0.25, -0.2) is 8.42 Å². The fourth-order valence-corrected chi connectivity index (χ4v) is 3.34. The molecule has 0 atom stereocenters. The van der Waals surface area contributed by atoms with Crippen LogP contribution in [0.2, 0.25) is 0 Å². The molecule has 2 aromatic carbocycles. The highest BCUT2D eigenvalue weighted by Crippen LogP contribution is 2.22. The summed E-state index contributed by atoms with van der Waals surface area (Å²) < 4.78 is 29.4. The van der Waals surface area contributed by atoms with Gasteiger partial charge in [-0.1, -0.05) is 12.1 Å². The zero-order valence-corrected chi connectivity index (χ0v) is 16.7. The zero-order valence-electron chi connectivity index (χ0n) is 15.9. The normalized spacial score (nSPS) is 11.0. The van der Waals surface area contributed by atoms with Gasteiger partial charge in [0.15, 0.2) is 9.84 Å². The van der Waals surface area contributed by atoms with Crippen molar-refractivity contribution in [3.05, 3.63) is 54.1 Å². The second-order valence-corrected chi connectivity index (χ2v) is 8.68. The van der Waals surface area contributed by atoms with E-state index in [0.717, 1.165) is 0 Å². The Morgan fingerprint density at radius 3 is 2.25 bits per heavy atom. The lowest BCUT2D eigenvalue weighted by Gasteiger charge is -2.12. The lowest BCUT2D eigenvalue weighted by molar-refractivity contribution is -0.120. The van der Waals surface area contributed by atoms with E-state index in [2.05, 4.69) is 16.2 Å². The molecule has 0 radical (unpaired) electrons. The largest absolute Gasteiger partial charge is 0.495 e. The Labute approximate surface area is 164 Å². The van der Waals surface area contributed by atoms with Crippen molar-refractivity contribution in [1.29, 1.82) is 0 Å². The lowest BCUT2D eigenvalue weighted by Crippen LogP contribution is -2.44. The number of hydrogen-bond acceptors (Lipinski definition) is 6. The van der Waals surface area contributed by atoms with Crippen LogP contribution in [0.25, 0.3) is 0 Å². The average molecular weight is 405 g/mol. The third kappa shape index (κ3) is 5.23. The van der Waals surface area contributed by atoms with Crippen molar-refractivity contribution in [2.45, 2.75) is 24.0 Å². The topological polar surface area (TPSA) is 114 Å². The summed E-state index contributed by atoms with van der Waals surface area (Å²) in [6, 6.07) is 12.6. The number of para-hydroxylation sites is 2. The highest BCUT2D eigenvalue weighted by atomic mass is 32.2. The van der Waals surface area contributed by atoms with Crippen LogP contribution in [-0.2, 0) is 14.6 Å². The summed E-state index contributed by atoms with van der Waals surface area (Å²) in [4.78, 5) is 24.1. The number of carbonyl (C=O) groups is 2. The van der Waals surface area contributed by atoms with Crippen LogP contribution in [0.15, 0.2) is 53.4 Å². The van der Waals surface area contributed by atoms with Crippen LogP contribution in [0, 0.1) is 0 Å². The van der Waals surface area contributed by atoms with Gasteiger partial charge in [-0.15, -0.1) is 0 Å². The molecule has 0 unspecified atom stereocenters. The monoisotopic (exact) mass is 405 g/mol. The van der Waals surface area contributed by atoms with Gasteiger partial charge in [-0.2, -0.15) is 0 Å². The molecule has 9 heteroatoms. The summed E-state index contributed by atoms with van der Waals surface area (Å²) in [6.07, 6.45) is 0. The third-order valence-electron chi connectivity index (χ3n) is 3.93. The first-order valence-corrected chi connectivity index (χ1v) is 10.1. The second kappa shape index (κ2) is 9.23. The van der Waals surface area contributed by atoms with Gasteiger partial charge in [0.25, 0.3) is 11.8 Å². The number of sulfone groups is 1. The number of anilines is 1. The number of ether oxygens (including phenoxy) is 1. The van der Waals surface area contributed by atoms with E-state index in [1.165, 1.54) is 31.4 Å². The number of methoxy groups -OCH3 is 1. The van der Waals surface area contributed by atoms with Gasteiger partial charge in [0.05, 0.1) is 29.5 Å². The summed E-state index contributed by atoms with van der Waals surface area (Å²) in [5.41, 5.74) is 5.45. The Kier molecular flexibility index (Phi) is 7.00. The number of hydrazine groups is 1. The van der Waals surface area contributed by atoms with Crippen LogP contribution < -0.4 is 20.9 Å². The Hall–Kier alpha value is -3.07. The molecule has 0 aliphatic heterocycles. The Bertz CT molecular complexity index is 940. The molecule has 2 amide bonds. The summed E-state index contributed by atoms with van der Waals surface area (Å²) >= 11 is 0.